The monoisotopic (exact) mass is 230 g/mol. The smallest absolute Gasteiger partial charge is 0.408 e. The topological polar surface area (TPSA) is 59.6 Å². The Kier molecular flexibility index (Phi) is 4.56. The van der Waals surface area contributed by atoms with E-state index in [0.29, 0.717) is 6.61 Å². The van der Waals surface area contributed by atoms with Crippen LogP contribution in [-0.4, -0.2) is 44.0 Å². The van der Waals surface area contributed by atoms with E-state index in [0.717, 1.165) is 13.0 Å². The van der Waals surface area contributed by atoms with Crippen LogP contribution in [0.4, 0.5) is 4.79 Å². The van der Waals surface area contributed by atoms with Gasteiger partial charge in [0.05, 0.1) is 12.6 Å². The molecule has 0 saturated carbocycles. The second-order valence-corrected chi connectivity index (χ2v) is 5.01. The second-order valence-electron chi connectivity index (χ2n) is 5.01. The van der Waals surface area contributed by atoms with Crippen molar-refractivity contribution in [2.45, 2.75) is 44.9 Å². The first-order valence-electron chi connectivity index (χ1n) is 5.67. The van der Waals surface area contributed by atoms with Crippen LogP contribution in [0.25, 0.3) is 0 Å². The molecule has 2 N–H and O–H groups in total. The average molecular weight is 230 g/mol. The SMILES string of the molecule is CNC1CCOCC1NC(=O)OC(C)(C)C. The summed E-state index contributed by atoms with van der Waals surface area (Å²) in [4.78, 5) is 11.6. The van der Waals surface area contributed by atoms with E-state index in [1.54, 1.807) is 0 Å². The zero-order valence-electron chi connectivity index (χ0n) is 10.5. The van der Waals surface area contributed by atoms with E-state index >= 15 is 0 Å². The zero-order valence-corrected chi connectivity index (χ0v) is 10.5. The molecule has 0 radical (unpaired) electrons. The second kappa shape index (κ2) is 5.50. The number of carbonyl (C=O) groups excluding carboxylic acids is 1. The summed E-state index contributed by atoms with van der Waals surface area (Å²) in [5.74, 6) is 0. The van der Waals surface area contributed by atoms with Crippen molar-refractivity contribution < 1.29 is 14.3 Å². The minimum atomic E-state index is -0.464. The van der Waals surface area contributed by atoms with Crippen LogP contribution in [0, 0.1) is 0 Å². The van der Waals surface area contributed by atoms with Gasteiger partial charge in [-0.15, -0.1) is 0 Å². The molecule has 0 spiro atoms. The van der Waals surface area contributed by atoms with E-state index in [4.69, 9.17) is 9.47 Å². The highest BCUT2D eigenvalue weighted by molar-refractivity contribution is 5.68. The molecule has 1 fully saturated rings. The number of rotatable bonds is 2. The standard InChI is InChI=1S/C11H22N2O3/c1-11(2,3)16-10(14)13-9-7-15-6-5-8(9)12-4/h8-9,12H,5-7H2,1-4H3,(H,13,14). The van der Waals surface area contributed by atoms with Crippen molar-refractivity contribution in [1.29, 1.82) is 0 Å². The number of ether oxygens (including phenoxy) is 2. The molecule has 5 nitrogen and oxygen atoms in total. The molecule has 0 bridgehead atoms. The van der Waals surface area contributed by atoms with Crippen LogP contribution in [0.5, 0.6) is 0 Å². The summed E-state index contributed by atoms with van der Waals surface area (Å²) in [6.07, 6.45) is 0.514. The summed E-state index contributed by atoms with van der Waals surface area (Å²) < 4.78 is 10.5. The summed E-state index contributed by atoms with van der Waals surface area (Å²) in [5.41, 5.74) is -0.464. The lowest BCUT2D eigenvalue weighted by molar-refractivity contribution is 0.0264. The minimum Gasteiger partial charge on any atom is -0.444 e. The summed E-state index contributed by atoms with van der Waals surface area (Å²) >= 11 is 0. The lowest BCUT2D eigenvalue weighted by atomic mass is 10.0. The number of likely N-dealkylation sites (N-methyl/N-ethyl adjacent to an activating group) is 1. The summed E-state index contributed by atoms with van der Waals surface area (Å²) in [7, 11) is 1.89. The summed E-state index contributed by atoms with van der Waals surface area (Å²) in [6.45, 7) is 6.81. The molecule has 0 aromatic carbocycles. The van der Waals surface area contributed by atoms with Crippen molar-refractivity contribution in [3.05, 3.63) is 0 Å². The Hall–Kier alpha value is -0.810. The van der Waals surface area contributed by atoms with Gasteiger partial charge in [-0.25, -0.2) is 4.79 Å². The highest BCUT2D eigenvalue weighted by Gasteiger charge is 2.27. The first kappa shape index (κ1) is 13.3. The minimum absolute atomic E-state index is 0.0198. The van der Waals surface area contributed by atoms with Crippen LogP contribution in [0.15, 0.2) is 0 Å². The maximum atomic E-state index is 11.6. The van der Waals surface area contributed by atoms with Gasteiger partial charge in [-0.05, 0) is 34.2 Å². The number of carbonyl (C=O) groups is 1. The lowest BCUT2D eigenvalue weighted by Crippen LogP contribution is -2.55. The van der Waals surface area contributed by atoms with E-state index in [-0.39, 0.29) is 18.2 Å². The van der Waals surface area contributed by atoms with Gasteiger partial charge in [-0.3, -0.25) is 0 Å². The van der Waals surface area contributed by atoms with Crippen molar-refractivity contribution in [3.8, 4) is 0 Å². The molecule has 1 aliphatic heterocycles. The molecule has 94 valence electrons. The van der Waals surface area contributed by atoms with Crippen molar-refractivity contribution in [2.24, 2.45) is 0 Å². The first-order chi connectivity index (χ1) is 7.42. The molecule has 1 aliphatic rings. The largest absolute Gasteiger partial charge is 0.444 e. The van der Waals surface area contributed by atoms with Crippen molar-refractivity contribution in [1.82, 2.24) is 10.6 Å². The molecule has 1 saturated heterocycles. The predicted octanol–water partition coefficient (Wildman–Crippen LogP) is 0.888. The van der Waals surface area contributed by atoms with Gasteiger partial charge in [0, 0.05) is 12.6 Å². The number of hydrogen-bond donors (Lipinski definition) is 2. The van der Waals surface area contributed by atoms with Gasteiger partial charge < -0.3 is 20.1 Å². The maximum Gasteiger partial charge on any atom is 0.408 e. The Morgan fingerprint density at radius 3 is 2.62 bits per heavy atom. The Morgan fingerprint density at radius 2 is 2.06 bits per heavy atom. The van der Waals surface area contributed by atoms with Crippen LogP contribution >= 0.6 is 0 Å². The fourth-order valence-electron chi connectivity index (χ4n) is 1.68. The van der Waals surface area contributed by atoms with Crippen LogP contribution in [0.2, 0.25) is 0 Å². The van der Waals surface area contributed by atoms with E-state index in [9.17, 15) is 4.79 Å². The Balaban J connectivity index is 2.42. The third-order valence-electron chi connectivity index (χ3n) is 2.43. The molecule has 1 amide bonds. The number of alkyl carbamates (subject to hydrolysis) is 1. The molecular formula is C11H22N2O3. The maximum absolute atomic E-state index is 11.6. The molecule has 2 atom stereocenters. The molecule has 1 heterocycles. The van der Waals surface area contributed by atoms with Crippen LogP contribution in [0.3, 0.4) is 0 Å². The molecule has 0 aliphatic carbocycles. The molecule has 16 heavy (non-hydrogen) atoms. The van der Waals surface area contributed by atoms with E-state index in [2.05, 4.69) is 10.6 Å². The third kappa shape index (κ3) is 4.37. The third-order valence-corrected chi connectivity index (χ3v) is 2.43. The zero-order chi connectivity index (χ0) is 12.2. The average Bonchev–Trinajstić information content (AvgIpc) is 2.15. The molecule has 1 rings (SSSR count). The predicted molar refractivity (Wildman–Crippen MR) is 61.4 cm³/mol. The molecule has 5 heteroatoms. The van der Waals surface area contributed by atoms with E-state index < -0.39 is 5.60 Å². The fraction of sp³-hybridized carbons (Fsp3) is 0.909. The Morgan fingerprint density at radius 1 is 1.38 bits per heavy atom. The van der Waals surface area contributed by atoms with Gasteiger partial charge in [0.2, 0.25) is 0 Å². The van der Waals surface area contributed by atoms with Crippen molar-refractivity contribution >= 4 is 6.09 Å². The fourth-order valence-corrected chi connectivity index (χ4v) is 1.68. The van der Waals surface area contributed by atoms with Crippen LogP contribution < -0.4 is 10.6 Å². The molecule has 0 aromatic rings. The molecule has 0 aromatic heterocycles. The quantitative estimate of drug-likeness (QED) is 0.739. The van der Waals surface area contributed by atoms with Crippen molar-refractivity contribution in [3.63, 3.8) is 0 Å². The highest BCUT2D eigenvalue weighted by Crippen LogP contribution is 2.10. The normalized spacial score (nSPS) is 26.2. The Labute approximate surface area is 96.9 Å². The van der Waals surface area contributed by atoms with Gasteiger partial charge >= 0.3 is 6.09 Å². The van der Waals surface area contributed by atoms with Gasteiger partial charge in [0.15, 0.2) is 0 Å². The first-order valence-corrected chi connectivity index (χ1v) is 5.67. The molecule has 2 unspecified atom stereocenters. The van der Waals surface area contributed by atoms with Crippen LogP contribution in [-0.2, 0) is 9.47 Å². The summed E-state index contributed by atoms with van der Waals surface area (Å²) in [6, 6.07) is 0.231. The van der Waals surface area contributed by atoms with Gasteiger partial charge in [0.25, 0.3) is 0 Å². The number of amides is 1. The van der Waals surface area contributed by atoms with Crippen molar-refractivity contribution in [2.75, 3.05) is 20.3 Å². The molecular weight excluding hydrogens is 208 g/mol. The summed E-state index contributed by atoms with van der Waals surface area (Å²) in [5, 5.41) is 6.00. The lowest BCUT2D eigenvalue weighted by Gasteiger charge is -2.32. The van der Waals surface area contributed by atoms with E-state index in [1.165, 1.54) is 0 Å². The van der Waals surface area contributed by atoms with E-state index in [1.807, 2.05) is 27.8 Å². The number of nitrogens with one attached hydrogen (secondary N) is 2. The van der Waals surface area contributed by atoms with Gasteiger partial charge in [-0.1, -0.05) is 0 Å². The Bertz CT molecular complexity index is 238. The van der Waals surface area contributed by atoms with Crippen LogP contribution in [0.1, 0.15) is 27.2 Å². The van der Waals surface area contributed by atoms with Gasteiger partial charge in [-0.2, -0.15) is 0 Å². The number of hydrogen-bond acceptors (Lipinski definition) is 4. The highest BCUT2D eigenvalue weighted by atomic mass is 16.6. The van der Waals surface area contributed by atoms with Gasteiger partial charge in [0.1, 0.15) is 5.60 Å².